The third kappa shape index (κ3) is 2.94. The lowest BCUT2D eigenvalue weighted by Gasteiger charge is -2.18. The Kier molecular flexibility index (Phi) is 4.59. The number of fused-ring (bicyclic) bond motifs is 1. The summed E-state index contributed by atoms with van der Waals surface area (Å²) in [6.45, 7) is 0. The highest BCUT2D eigenvalue weighted by Crippen LogP contribution is 2.47. The number of carbonyl (C=O) groups excluding carboxylic acids is 1. The van der Waals surface area contributed by atoms with Crippen LogP contribution in [0.4, 0.5) is 0 Å². The Labute approximate surface area is 164 Å². The summed E-state index contributed by atoms with van der Waals surface area (Å²) in [5.41, 5.74) is 6.82. The van der Waals surface area contributed by atoms with E-state index in [1.807, 2.05) is 0 Å². The quantitative estimate of drug-likeness (QED) is 0.485. The zero-order valence-corrected chi connectivity index (χ0v) is 16.3. The summed E-state index contributed by atoms with van der Waals surface area (Å²) in [5.74, 6) is -0.229. The largest absolute Gasteiger partial charge is 0.364 e. The lowest BCUT2D eigenvalue weighted by atomic mass is 10.2. The number of benzene rings is 2. The number of hydrogen-bond acceptors (Lipinski definition) is 5. The SMILES string of the molecule is COP(=O)(c1cccc(-c2ccno2)c1)c1c(C(N)=O)[nH]c2ccc(Cl)cc12. The molecule has 0 saturated carbocycles. The van der Waals surface area contributed by atoms with Crippen LogP contribution < -0.4 is 16.3 Å². The second kappa shape index (κ2) is 6.95. The molecule has 9 heteroatoms. The number of rotatable bonds is 5. The van der Waals surface area contributed by atoms with Crippen molar-refractivity contribution in [3.05, 3.63) is 65.4 Å². The molecule has 28 heavy (non-hydrogen) atoms. The number of halogens is 1. The molecule has 0 saturated heterocycles. The summed E-state index contributed by atoms with van der Waals surface area (Å²) in [7, 11) is -2.37. The molecule has 2 aromatic carbocycles. The number of primary amides is 1. The zero-order valence-electron chi connectivity index (χ0n) is 14.7. The first-order valence-corrected chi connectivity index (χ1v) is 10.2. The fourth-order valence-corrected chi connectivity index (χ4v) is 5.54. The van der Waals surface area contributed by atoms with E-state index in [1.165, 1.54) is 13.3 Å². The van der Waals surface area contributed by atoms with Crippen LogP contribution in [0.3, 0.4) is 0 Å². The second-order valence-corrected chi connectivity index (χ2v) is 8.93. The molecule has 0 spiro atoms. The molecule has 4 rings (SSSR count). The number of hydrogen-bond donors (Lipinski definition) is 2. The number of nitrogens with two attached hydrogens (primary N) is 1. The van der Waals surface area contributed by atoms with Crippen molar-refractivity contribution in [2.75, 3.05) is 7.11 Å². The first-order chi connectivity index (χ1) is 13.4. The highest BCUT2D eigenvalue weighted by atomic mass is 35.5. The van der Waals surface area contributed by atoms with Crippen molar-refractivity contribution in [3.63, 3.8) is 0 Å². The van der Waals surface area contributed by atoms with Gasteiger partial charge in [-0.2, -0.15) is 0 Å². The van der Waals surface area contributed by atoms with Crippen LogP contribution in [0.2, 0.25) is 5.02 Å². The predicted octanol–water partition coefficient (Wildman–Crippen LogP) is 3.45. The van der Waals surface area contributed by atoms with Crippen LogP contribution >= 0.6 is 19.0 Å². The summed E-state index contributed by atoms with van der Waals surface area (Å²) < 4.78 is 24.8. The first-order valence-electron chi connectivity index (χ1n) is 8.23. The fraction of sp³-hybridized carbons (Fsp3) is 0.0526. The van der Waals surface area contributed by atoms with Crippen LogP contribution in [0.15, 0.2) is 59.3 Å². The van der Waals surface area contributed by atoms with Gasteiger partial charge in [-0.15, -0.1) is 0 Å². The van der Waals surface area contributed by atoms with Crippen molar-refractivity contribution in [1.29, 1.82) is 0 Å². The summed E-state index contributed by atoms with van der Waals surface area (Å²) in [4.78, 5) is 15.0. The molecule has 1 amide bonds. The molecule has 1 atom stereocenters. The smallest absolute Gasteiger partial charge is 0.266 e. The molecule has 0 aliphatic rings. The Hall–Kier alpha value is -2.86. The van der Waals surface area contributed by atoms with Gasteiger partial charge in [-0.3, -0.25) is 9.36 Å². The van der Waals surface area contributed by atoms with Crippen molar-refractivity contribution in [2.24, 2.45) is 5.73 Å². The van der Waals surface area contributed by atoms with E-state index < -0.39 is 13.3 Å². The van der Waals surface area contributed by atoms with Crippen LogP contribution in [-0.2, 0) is 9.09 Å². The first kappa shape index (κ1) is 18.5. The summed E-state index contributed by atoms with van der Waals surface area (Å²) in [6, 6.07) is 13.5. The van der Waals surface area contributed by atoms with Crippen LogP contribution in [0.25, 0.3) is 22.2 Å². The third-order valence-corrected chi connectivity index (χ3v) is 7.20. The number of nitrogens with one attached hydrogen (secondary N) is 1. The molecule has 3 N–H and O–H groups in total. The number of H-pyrrole nitrogens is 1. The molecule has 0 aliphatic carbocycles. The molecule has 0 bridgehead atoms. The lowest BCUT2D eigenvalue weighted by Crippen LogP contribution is -2.25. The summed E-state index contributed by atoms with van der Waals surface area (Å²) in [6.07, 6.45) is 1.52. The van der Waals surface area contributed by atoms with E-state index >= 15 is 0 Å². The van der Waals surface area contributed by atoms with Crippen molar-refractivity contribution < 1.29 is 18.4 Å². The molecule has 142 valence electrons. The van der Waals surface area contributed by atoms with Crippen LogP contribution in [0, 0.1) is 0 Å². The molecular formula is C19H15ClN3O4P. The molecule has 4 aromatic rings. The van der Waals surface area contributed by atoms with Crippen LogP contribution in [0.5, 0.6) is 0 Å². The maximum Gasteiger partial charge on any atom is 0.266 e. The monoisotopic (exact) mass is 415 g/mol. The maximum atomic E-state index is 14.1. The Morgan fingerprint density at radius 1 is 1.25 bits per heavy atom. The second-order valence-electron chi connectivity index (χ2n) is 6.06. The average molecular weight is 416 g/mol. The van der Waals surface area contributed by atoms with E-state index in [4.69, 9.17) is 26.4 Å². The Morgan fingerprint density at radius 3 is 2.75 bits per heavy atom. The van der Waals surface area contributed by atoms with Gasteiger partial charge in [0.2, 0.25) is 0 Å². The lowest BCUT2D eigenvalue weighted by molar-refractivity contribution is 0.0997. The molecule has 1 unspecified atom stereocenters. The van der Waals surface area contributed by atoms with Crippen LogP contribution in [0.1, 0.15) is 10.5 Å². The van der Waals surface area contributed by atoms with E-state index in [0.29, 0.717) is 32.6 Å². The van der Waals surface area contributed by atoms with Crippen molar-refractivity contribution in [1.82, 2.24) is 10.1 Å². The van der Waals surface area contributed by atoms with Gasteiger partial charge in [0.25, 0.3) is 13.3 Å². The van der Waals surface area contributed by atoms with E-state index in [9.17, 15) is 9.36 Å². The average Bonchev–Trinajstić information content (AvgIpc) is 3.35. The van der Waals surface area contributed by atoms with Crippen molar-refractivity contribution in [3.8, 4) is 11.3 Å². The predicted molar refractivity (Wildman–Crippen MR) is 108 cm³/mol. The number of aromatic amines is 1. The Balaban J connectivity index is 2.00. The van der Waals surface area contributed by atoms with Gasteiger partial charge in [0.1, 0.15) is 5.69 Å². The van der Waals surface area contributed by atoms with Gasteiger partial charge in [0, 0.05) is 40.0 Å². The fourth-order valence-electron chi connectivity index (χ4n) is 3.17. The minimum atomic E-state index is -3.70. The van der Waals surface area contributed by atoms with E-state index in [0.717, 1.165) is 0 Å². The molecule has 2 aromatic heterocycles. The van der Waals surface area contributed by atoms with Crippen LogP contribution in [-0.4, -0.2) is 23.2 Å². The van der Waals surface area contributed by atoms with Gasteiger partial charge in [-0.1, -0.05) is 28.9 Å². The normalized spacial score (nSPS) is 13.5. The standard InChI is InChI=1S/C19H15ClN3O4P/c1-26-28(25,13-4-2-3-11(9-13)16-7-8-22-27-16)18-14-10-12(20)5-6-15(14)23-17(18)19(21)24/h2-10,23H,1H3,(H2,21,24). The molecular weight excluding hydrogens is 401 g/mol. The highest BCUT2D eigenvalue weighted by molar-refractivity contribution is 7.75. The number of carbonyl (C=O) groups is 1. The minimum absolute atomic E-state index is 0.0209. The van der Waals surface area contributed by atoms with Gasteiger partial charge in [0.15, 0.2) is 5.76 Å². The molecule has 7 nitrogen and oxygen atoms in total. The number of amides is 1. The zero-order chi connectivity index (χ0) is 19.9. The van der Waals surface area contributed by atoms with E-state index in [-0.39, 0.29) is 11.0 Å². The maximum absolute atomic E-state index is 14.1. The molecule has 2 heterocycles. The van der Waals surface area contributed by atoms with Gasteiger partial charge >= 0.3 is 0 Å². The van der Waals surface area contributed by atoms with Gasteiger partial charge in [-0.25, -0.2) is 0 Å². The summed E-state index contributed by atoms with van der Waals surface area (Å²) in [5, 5.41) is 5.21. The topological polar surface area (TPSA) is 111 Å². The number of nitrogens with zero attached hydrogens (tertiary/aromatic N) is 1. The Morgan fingerprint density at radius 2 is 2.07 bits per heavy atom. The van der Waals surface area contributed by atoms with Crippen molar-refractivity contribution in [2.45, 2.75) is 0 Å². The van der Waals surface area contributed by atoms with E-state index in [2.05, 4.69) is 10.1 Å². The minimum Gasteiger partial charge on any atom is -0.364 e. The van der Waals surface area contributed by atoms with Gasteiger partial charge < -0.3 is 19.8 Å². The van der Waals surface area contributed by atoms with Gasteiger partial charge in [0.05, 0.1) is 11.5 Å². The summed E-state index contributed by atoms with van der Waals surface area (Å²) >= 11 is 6.13. The number of aromatic nitrogens is 2. The van der Waals surface area contributed by atoms with Crippen molar-refractivity contribution >= 4 is 46.4 Å². The third-order valence-electron chi connectivity index (χ3n) is 4.44. The molecule has 0 radical (unpaired) electrons. The molecule has 0 fully saturated rings. The Bertz CT molecular complexity index is 1230. The van der Waals surface area contributed by atoms with Gasteiger partial charge in [-0.05, 0) is 30.3 Å². The van der Waals surface area contributed by atoms with E-state index in [1.54, 1.807) is 48.5 Å². The molecule has 0 aliphatic heterocycles. The highest BCUT2D eigenvalue weighted by Gasteiger charge is 2.35.